The lowest BCUT2D eigenvalue weighted by Gasteiger charge is -2.37. The molecule has 9 heteroatoms. The molecule has 2 aliphatic heterocycles. The number of carbonyl (C=O) groups is 1. The molecule has 5 rings (SSSR count). The van der Waals surface area contributed by atoms with Crippen LogP contribution in [0.3, 0.4) is 0 Å². The standard InChI is InChI=1S/C30H35N3O5S/c1-23(34)33-17-8-11-26-24(14-15-29(30(26)33)38-39(35,36)25-9-4-3-5-10-25)16-18-31-19-21-32(22-20-31)27-12-6-7-13-28(27)37-2/h3-7,9-10,12-15H,8,11,16-22H2,1-2H3. The van der Waals surface area contributed by atoms with Gasteiger partial charge in [-0.05, 0) is 60.7 Å². The summed E-state index contributed by atoms with van der Waals surface area (Å²) in [6, 6.07) is 19.9. The van der Waals surface area contributed by atoms with Gasteiger partial charge in [0.2, 0.25) is 5.91 Å². The van der Waals surface area contributed by atoms with E-state index in [1.54, 1.807) is 36.3 Å². The van der Waals surface area contributed by atoms with Crippen LogP contribution in [0.5, 0.6) is 11.5 Å². The molecule has 0 spiro atoms. The van der Waals surface area contributed by atoms with Crippen LogP contribution in [0.15, 0.2) is 71.6 Å². The third-order valence-electron chi connectivity index (χ3n) is 7.53. The fourth-order valence-corrected chi connectivity index (χ4v) is 6.47. The monoisotopic (exact) mass is 549 g/mol. The molecule has 39 heavy (non-hydrogen) atoms. The van der Waals surface area contributed by atoms with Crippen LogP contribution in [0.4, 0.5) is 11.4 Å². The summed E-state index contributed by atoms with van der Waals surface area (Å²) in [6.45, 7) is 6.65. The molecule has 1 amide bonds. The number of piperazine rings is 1. The van der Waals surface area contributed by atoms with E-state index in [9.17, 15) is 13.2 Å². The van der Waals surface area contributed by atoms with Gasteiger partial charge < -0.3 is 18.7 Å². The Labute approximate surface area is 230 Å². The van der Waals surface area contributed by atoms with E-state index >= 15 is 0 Å². The Balaban J connectivity index is 1.32. The molecule has 0 bridgehead atoms. The molecule has 0 unspecified atom stereocenters. The van der Waals surface area contributed by atoms with Gasteiger partial charge in [0.05, 0.1) is 18.5 Å². The minimum absolute atomic E-state index is 0.0836. The van der Waals surface area contributed by atoms with Gasteiger partial charge in [0.25, 0.3) is 0 Å². The Morgan fingerprint density at radius 3 is 2.31 bits per heavy atom. The first-order valence-electron chi connectivity index (χ1n) is 13.4. The lowest BCUT2D eigenvalue weighted by molar-refractivity contribution is -0.116. The van der Waals surface area contributed by atoms with E-state index in [-0.39, 0.29) is 16.6 Å². The average molecular weight is 550 g/mol. The van der Waals surface area contributed by atoms with Gasteiger partial charge in [0.1, 0.15) is 10.6 Å². The average Bonchev–Trinajstić information content (AvgIpc) is 2.97. The van der Waals surface area contributed by atoms with Crippen molar-refractivity contribution in [1.82, 2.24) is 4.90 Å². The Bertz CT molecular complexity index is 1420. The largest absolute Gasteiger partial charge is 0.495 e. The molecule has 0 atom stereocenters. The first kappa shape index (κ1) is 27.0. The molecule has 206 valence electrons. The number of fused-ring (bicyclic) bond motifs is 1. The minimum atomic E-state index is -4.03. The number of benzene rings is 3. The second-order valence-electron chi connectivity index (χ2n) is 9.93. The lowest BCUT2D eigenvalue weighted by Crippen LogP contribution is -2.47. The number of anilines is 2. The van der Waals surface area contributed by atoms with E-state index in [1.165, 1.54) is 19.1 Å². The molecule has 3 aromatic rings. The Morgan fingerprint density at radius 1 is 0.872 bits per heavy atom. The van der Waals surface area contributed by atoms with Gasteiger partial charge >= 0.3 is 10.1 Å². The zero-order valence-corrected chi connectivity index (χ0v) is 23.3. The molecular formula is C30H35N3O5S. The number of hydrogen-bond acceptors (Lipinski definition) is 7. The highest BCUT2D eigenvalue weighted by molar-refractivity contribution is 7.87. The van der Waals surface area contributed by atoms with Crippen molar-refractivity contribution in [2.75, 3.05) is 56.2 Å². The van der Waals surface area contributed by atoms with Gasteiger partial charge in [-0.2, -0.15) is 8.42 Å². The van der Waals surface area contributed by atoms with Crippen LogP contribution in [0.1, 0.15) is 24.5 Å². The van der Waals surface area contributed by atoms with E-state index in [2.05, 4.69) is 15.9 Å². The highest BCUT2D eigenvalue weighted by atomic mass is 32.2. The summed E-state index contributed by atoms with van der Waals surface area (Å²) in [4.78, 5) is 19.1. The SMILES string of the molecule is COc1ccccc1N1CCN(CCc2ccc(OS(=O)(=O)c3ccccc3)c3c2CCCN3C(C)=O)CC1. The molecular weight excluding hydrogens is 514 g/mol. The van der Waals surface area contributed by atoms with Gasteiger partial charge in [-0.1, -0.05) is 36.4 Å². The number of ether oxygens (including phenoxy) is 1. The van der Waals surface area contributed by atoms with Gasteiger partial charge in [-0.25, -0.2) is 0 Å². The molecule has 0 aliphatic carbocycles. The number of hydrogen-bond donors (Lipinski definition) is 0. The summed E-state index contributed by atoms with van der Waals surface area (Å²) in [6.07, 6.45) is 2.42. The Morgan fingerprint density at radius 2 is 1.59 bits per heavy atom. The molecule has 1 saturated heterocycles. The summed E-state index contributed by atoms with van der Waals surface area (Å²) in [5.74, 6) is 0.977. The third-order valence-corrected chi connectivity index (χ3v) is 8.78. The van der Waals surface area contributed by atoms with E-state index in [4.69, 9.17) is 8.92 Å². The second kappa shape index (κ2) is 11.7. The van der Waals surface area contributed by atoms with Crippen molar-refractivity contribution in [1.29, 1.82) is 0 Å². The normalized spacial score (nSPS) is 16.1. The van der Waals surface area contributed by atoms with Gasteiger partial charge in [-0.3, -0.25) is 9.69 Å². The van der Waals surface area contributed by atoms with Gasteiger partial charge in [0.15, 0.2) is 5.75 Å². The first-order valence-corrected chi connectivity index (χ1v) is 14.8. The quantitative estimate of drug-likeness (QED) is 0.391. The van der Waals surface area contributed by atoms with Crippen molar-refractivity contribution >= 4 is 27.4 Å². The van der Waals surface area contributed by atoms with Crippen LogP contribution in [-0.2, 0) is 27.8 Å². The highest BCUT2D eigenvalue weighted by Gasteiger charge is 2.29. The van der Waals surface area contributed by atoms with Crippen molar-refractivity contribution in [2.24, 2.45) is 0 Å². The fraction of sp³-hybridized carbons (Fsp3) is 0.367. The molecule has 2 aliphatic rings. The molecule has 1 fully saturated rings. The molecule has 0 radical (unpaired) electrons. The van der Waals surface area contributed by atoms with Crippen LogP contribution >= 0.6 is 0 Å². The van der Waals surface area contributed by atoms with Gasteiger partial charge in [-0.15, -0.1) is 0 Å². The van der Waals surface area contributed by atoms with Crippen LogP contribution in [0.25, 0.3) is 0 Å². The fourth-order valence-electron chi connectivity index (χ4n) is 5.51. The molecule has 2 heterocycles. The third kappa shape index (κ3) is 5.89. The van der Waals surface area contributed by atoms with Crippen molar-refractivity contribution < 1.29 is 22.1 Å². The highest BCUT2D eigenvalue weighted by Crippen LogP contribution is 2.40. The van der Waals surface area contributed by atoms with Crippen LogP contribution < -0.4 is 18.7 Å². The molecule has 8 nitrogen and oxygen atoms in total. The summed E-state index contributed by atoms with van der Waals surface area (Å²) >= 11 is 0. The molecule has 0 aromatic heterocycles. The number of nitrogens with zero attached hydrogens (tertiary/aromatic N) is 3. The van der Waals surface area contributed by atoms with Crippen LogP contribution in [0.2, 0.25) is 0 Å². The van der Waals surface area contributed by atoms with Crippen LogP contribution in [0, 0.1) is 0 Å². The second-order valence-corrected chi connectivity index (χ2v) is 11.5. The summed E-state index contributed by atoms with van der Waals surface area (Å²) in [5, 5.41) is 0. The maximum Gasteiger partial charge on any atom is 0.339 e. The Hall–Kier alpha value is -3.56. The molecule has 0 saturated carbocycles. The molecule has 0 N–H and O–H groups in total. The Kier molecular flexibility index (Phi) is 8.09. The number of para-hydroxylation sites is 2. The number of amides is 1. The number of methoxy groups -OCH3 is 1. The smallest absolute Gasteiger partial charge is 0.339 e. The maximum absolute atomic E-state index is 13.0. The maximum atomic E-state index is 13.0. The summed E-state index contributed by atoms with van der Waals surface area (Å²) in [5.41, 5.74) is 3.85. The minimum Gasteiger partial charge on any atom is -0.495 e. The zero-order chi connectivity index (χ0) is 27.4. The zero-order valence-electron chi connectivity index (χ0n) is 22.5. The first-order chi connectivity index (χ1) is 18.9. The van der Waals surface area contributed by atoms with Crippen molar-refractivity contribution in [3.8, 4) is 11.5 Å². The van der Waals surface area contributed by atoms with E-state index < -0.39 is 10.1 Å². The van der Waals surface area contributed by atoms with Crippen molar-refractivity contribution in [3.05, 3.63) is 77.9 Å². The van der Waals surface area contributed by atoms with Crippen LogP contribution in [-0.4, -0.2) is 65.6 Å². The van der Waals surface area contributed by atoms with E-state index in [0.717, 1.165) is 74.6 Å². The van der Waals surface area contributed by atoms with E-state index in [1.807, 2.05) is 24.3 Å². The number of rotatable bonds is 8. The predicted molar refractivity (Wildman–Crippen MR) is 152 cm³/mol. The summed E-state index contributed by atoms with van der Waals surface area (Å²) < 4.78 is 37.2. The lowest BCUT2D eigenvalue weighted by atomic mass is 9.93. The summed E-state index contributed by atoms with van der Waals surface area (Å²) in [7, 11) is -2.33. The predicted octanol–water partition coefficient (Wildman–Crippen LogP) is 4.13. The van der Waals surface area contributed by atoms with Crippen molar-refractivity contribution in [2.45, 2.75) is 31.1 Å². The van der Waals surface area contributed by atoms with E-state index in [0.29, 0.717) is 12.2 Å². The molecule has 3 aromatic carbocycles. The van der Waals surface area contributed by atoms with Gasteiger partial charge in [0, 0.05) is 46.2 Å². The number of carbonyl (C=O) groups excluding carboxylic acids is 1. The topological polar surface area (TPSA) is 79.4 Å². The van der Waals surface area contributed by atoms with Crippen molar-refractivity contribution in [3.63, 3.8) is 0 Å².